The largest absolute Gasteiger partial charge is 0.494 e. The summed E-state index contributed by atoms with van der Waals surface area (Å²) in [6.45, 7) is 7.77. The summed E-state index contributed by atoms with van der Waals surface area (Å²) in [6, 6.07) is 14.6. The Bertz CT molecular complexity index is 1600. The molecule has 0 aliphatic heterocycles. The van der Waals surface area contributed by atoms with Crippen LogP contribution >= 0.6 is 23.2 Å². The first-order valence-corrected chi connectivity index (χ1v) is 17.0. The number of hydrogen-bond donors (Lipinski definition) is 1. The Morgan fingerprint density at radius 3 is 2.13 bits per heavy atom. The van der Waals surface area contributed by atoms with Gasteiger partial charge in [0.15, 0.2) is 11.5 Å². The molecule has 46 heavy (non-hydrogen) atoms. The Morgan fingerprint density at radius 2 is 1.57 bits per heavy atom. The molecule has 0 aliphatic rings. The number of carbonyl (C=O) groups is 2. The van der Waals surface area contributed by atoms with E-state index >= 15 is 0 Å². The van der Waals surface area contributed by atoms with Crippen molar-refractivity contribution in [1.82, 2.24) is 10.2 Å². The van der Waals surface area contributed by atoms with Gasteiger partial charge in [-0.15, -0.1) is 0 Å². The number of rotatable bonds is 16. The molecule has 3 rings (SSSR count). The fourth-order valence-corrected chi connectivity index (χ4v) is 6.44. The normalized spacial score (nSPS) is 11.9. The Morgan fingerprint density at radius 1 is 0.891 bits per heavy atom. The van der Waals surface area contributed by atoms with Gasteiger partial charge in [-0.3, -0.25) is 13.9 Å². The molecule has 0 bridgehead atoms. The number of nitrogens with one attached hydrogen (secondary N) is 1. The average Bonchev–Trinajstić information content (AvgIpc) is 3.04. The number of methoxy groups -OCH3 is 2. The first-order valence-electron chi connectivity index (χ1n) is 14.8. The summed E-state index contributed by atoms with van der Waals surface area (Å²) in [5.74, 6) is 0.319. The molecule has 0 aliphatic carbocycles. The average molecular weight is 695 g/mol. The monoisotopic (exact) mass is 693 g/mol. The lowest BCUT2D eigenvalue weighted by molar-refractivity contribution is -0.140. The molecule has 10 nitrogen and oxygen atoms in total. The number of halogens is 2. The highest BCUT2D eigenvalue weighted by Crippen LogP contribution is 2.33. The number of nitrogens with zero attached hydrogens (tertiary/aromatic N) is 2. The number of ether oxygens (including phenoxy) is 3. The minimum absolute atomic E-state index is 0.0170. The van der Waals surface area contributed by atoms with Gasteiger partial charge in [0, 0.05) is 19.2 Å². The molecular weight excluding hydrogens is 653 g/mol. The summed E-state index contributed by atoms with van der Waals surface area (Å²) in [5, 5.41) is 3.53. The highest BCUT2D eigenvalue weighted by molar-refractivity contribution is 7.92. The molecular formula is C33H41Cl2N3O7S. The standard InChI is InChI=1S/C33H41Cl2N3O7S/c1-7-29(33(40)36-19-22(3)4)37(20-23-9-15-27(34)28(35)17-23)32(39)21-38(24-10-12-25(13-11-24)45-8-2)46(41,42)26-14-16-30(43-5)31(18-26)44-6/h9-18,22,29H,7-8,19-21H2,1-6H3,(H,36,40). The zero-order chi connectivity index (χ0) is 34.0. The number of carbonyl (C=O) groups excluding carboxylic acids is 2. The van der Waals surface area contributed by atoms with E-state index in [2.05, 4.69) is 5.32 Å². The highest BCUT2D eigenvalue weighted by atomic mass is 35.5. The Labute approximate surface area is 281 Å². The SMILES string of the molecule is CCOc1ccc(N(CC(=O)N(Cc2ccc(Cl)c(Cl)c2)C(CC)C(=O)NCC(C)C)S(=O)(=O)c2ccc(OC)c(OC)c2)cc1. The summed E-state index contributed by atoms with van der Waals surface area (Å²) in [6.07, 6.45) is 0.280. The maximum absolute atomic E-state index is 14.3. The molecule has 0 saturated heterocycles. The quantitative estimate of drug-likeness (QED) is 0.190. The zero-order valence-corrected chi connectivity index (χ0v) is 29.2. The van der Waals surface area contributed by atoms with Crippen molar-refractivity contribution in [3.05, 3.63) is 76.3 Å². The zero-order valence-electron chi connectivity index (χ0n) is 26.9. The van der Waals surface area contributed by atoms with E-state index in [1.165, 1.54) is 37.3 Å². The minimum Gasteiger partial charge on any atom is -0.494 e. The second-order valence-electron chi connectivity index (χ2n) is 10.8. The fraction of sp³-hybridized carbons (Fsp3) is 0.394. The first kappa shape index (κ1) is 36.8. The highest BCUT2D eigenvalue weighted by Gasteiger charge is 2.34. The number of benzene rings is 3. The Balaban J connectivity index is 2.11. The molecule has 0 radical (unpaired) electrons. The van der Waals surface area contributed by atoms with E-state index in [4.69, 9.17) is 37.4 Å². The lowest BCUT2D eigenvalue weighted by Gasteiger charge is -2.33. The van der Waals surface area contributed by atoms with E-state index in [1.54, 1.807) is 49.4 Å². The van der Waals surface area contributed by atoms with Crippen LogP contribution in [0.15, 0.2) is 65.6 Å². The van der Waals surface area contributed by atoms with Crippen molar-refractivity contribution in [1.29, 1.82) is 0 Å². The summed E-state index contributed by atoms with van der Waals surface area (Å²) < 4.78 is 45.7. The van der Waals surface area contributed by atoms with Crippen molar-refractivity contribution >= 4 is 50.7 Å². The van der Waals surface area contributed by atoms with Gasteiger partial charge in [0.25, 0.3) is 10.0 Å². The van der Waals surface area contributed by atoms with Crippen LogP contribution in [0.5, 0.6) is 17.2 Å². The molecule has 0 fully saturated rings. The van der Waals surface area contributed by atoms with E-state index in [9.17, 15) is 18.0 Å². The topological polar surface area (TPSA) is 114 Å². The van der Waals surface area contributed by atoms with Crippen LogP contribution in [0.1, 0.15) is 39.7 Å². The van der Waals surface area contributed by atoms with Crippen LogP contribution in [0.3, 0.4) is 0 Å². The molecule has 0 spiro atoms. The van der Waals surface area contributed by atoms with E-state index in [0.29, 0.717) is 35.2 Å². The third kappa shape index (κ3) is 9.20. The van der Waals surface area contributed by atoms with Gasteiger partial charge < -0.3 is 24.4 Å². The van der Waals surface area contributed by atoms with Gasteiger partial charge in [-0.2, -0.15) is 0 Å². The van der Waals surface area contributed by atoms with Crippen molar-refractivity contribution in [3.63, 3.8) is 0 Å². The molecule has 13 heteroatoms. The number of anilines is 1. The molecule has 0 heterocycles. The Kier molecular flexibility index (Phi) is 13.4. The maximum atomic E-state index is 14.3. The van der Waals surface area contributed by atoms with Gasteiger partial charge in [0.2, 0.25) is 11.8 Å². The minimum atomic E-state index is -4.35. The maximum Gasteiger partial charge on any atom is 0.264 e. The smallest absolute Gasteiger partial charge is 0.264 e. The molecule has 3 aromatic carbocycles. The van der Waals surface area contributed by atoms with Crippen LogP contribution in [-0.2, 0) is 26.2 Å². The van der Waals surface area contributed by atoms with Gasteiger partial charge in [0.05, 0.1) is 41.5 Å². The third-order valence-corrected chi connectivity index (χ3v) is 9.57. The Hall–Kier alpha value is -3.67. The predicted octanol–water partition coefficient (Wildman–Crippen LogP) is 6.18. The van der Waals surface area contributed by atoms with Crippen LogP contribution < -0.4 is 23.8 Å². The molecule has 3 aromatic rings. The van der Waals surface area contributed by atoms with Gasteiger partial charge in [-0.05, 0) is 73.4 Å². The van der Waals surface area contributed by atoms with Crippen LogP contribution in [0.2, 0.25) is 10.0 Å². The van der Waals surface area contributed by atoms with E-state index in [1.807, 2.05) is 20.8 Å². The van der Waals surface area contributed by atoms with E-state index in [0.717, 1.165) is 4.31 Å². The van der Waals surface area contributed by atoms with Crippen LogP contribution in [-0.4, -0.2) is 65.1 Å². The van der Waals surface area contributed by atoms with Crippen LogP contribution in [0, 0.1) is 5.92 Å². The molecule has 250 valence electrons. The van der Waals surface area contributed by atoms with Crippen LogP contribution in [0.4, 0.5) is 5.69 Å². The van der Waals surface area contributed by atoms with Gasteiger partial charge in [-0.1, -0.05) is 50.0 Å². The molecule has 1 atom stereocenters. The summed E-state index contributed by atoms with van der Waals surface area (Å²) in [7, 11) is -1.51. The van der Waals surface area contributed by atoms with Crippen molar-refractivity contribution < 1.29 is 32.2 Å². The second-order valence-corrected chi connectivity index (χ2v) is 13.5. The first-order chi connectivity index (χ1) is 21.9. The fourth-order valence-electron chi connectivity index (χ4n) is 4.68. The van der Waals surface area contributed by atoms with E-state index in [-0.39, 0.29) is 46.1 Å². The van der Waals surface area contributed by atoms with E-state index < -0.39 is 28.5 Å². The third-order valence-electron chi connectivity index (χ3n) is 7.06. The molecule has 1 N–H and O–H groups in total. The van der Waals surface area contributed by atoms with Crippen molar-refractivity contribution in [2.75, 3.05) is 38.2 Å². The lowest BCUT2D eigenvalue weighted by Crippen LogP contribution is -2.52. The van der Waals surface area contributed by atoms with Crippen LogP contribution in [0.25, 0.3) is 0 Å². The van der Waals surface area contributed by atoms with Gasteiger partial charge in [-0.25, -0.2) is 8.42 Å². The summed E-state index contributed by atoms with van der Waals surface area (Å²) >= 11 is 12.4. The van der Waals surface area contributed by atoms with Crippen molar-refractivity contribution in [2.24, 2.45) is 5.92 Å². The number of hydrogen-bond acceptors (Lipinski definition) is 7. The molecule has 0 saturated carbocycles. The number of amides is 2. The van der Waals surface area contributed by atoms with Crippen molar-refractivity contribution in [3.8, 4) is 17.2 Å². The van der Waals surface area contributed by atoms with Gasteiger partial charge in [0.1, 0.15) is 18.3 Å². The molecule has 2 amide bonds. The summed E-state index contributed by atoms with van der Waals surface area (Å²) in [4.78, 5) is 29.0. The number of sulfonamides is 1. The molecule has 1 unspecified atom stereocenters. The lowest BCUT2D eigenvalue weighted by atomic mass is 10.1. The molecule has 0 aromatic heterocycles. The second kappa shape index (κ2) is 16.8. The van der Waals surface area contributed by atoms with Crippen molar-refractivity contribution in [2.45, 2.75) is 51.6 Å². The predicted molar refractivity (Wildman–Crippen MR) is 181 cm³/mol. The summed E-state index contributed by atoms with van der Waals surface area (Å²) in [5.41, 5.74) is 0.839. The van der Waals surface area contributed by atoms with Gasteiger partial charge >= 0.3 is 0 Å².